The van der Waals surface area contributed by atoms with E-state index >= 15 is 0 Å². The van der Waals surface area contributed by atoms with Gasteiger partial charge in [-0.1, -0.05) is 6.07 Å². The highest BCUT2D eigenvalue weighted by atomic mass is 16.5. The molecule has 2 aromatic heterocycles. The molecule has 176 valence electrons. The summed E-state index contributed by atoms with van der Waals surface area (Å²) >= 11 is 0. The van der Waals surface area contributed by atoms with E-state index in [4.69, 9.17) is 9.15 Å². The third kappa shape index (κ3) is 3.29. The van der Waals surface area contributed by atoms with Crippen molar-refractivity contribution >= 4 is 16.9 Å². The van der Waals surface area contributed by atoms with Crippen LogP contribution >= 0.6 is 0 Å². The third-order valence-corrected chi connectivity index (χ3v) is 7.78. The molecular weight excluding hydrogens is 432 g/mol. The van der Waals surface area contributed by atoms with Gasteiger partial charge in [0.15, 0.2) is 6.10 Å². The highest BCUT2D eigenvalue weighted by molar-refractivity contribution is 5.87. The zero-order valence-corrected chi connectivity index (χ0v) is 19.5. The molecule has 1 aromatic carbocycles. The van der Waals surface area contributed by atoms with Gasteiger partial charge in [0.25, 0.3) is 11.5 Å². The second kappa shape index (κ2) is 7.86. The van der Waals surface area contributed by atoms with Gasteiger partial charge < -0.3 is 18.6 Å². The van der Waals surface area contributed by atoms with Crippen molar-refractivity contribution in [3.8, 4) is 5.75 Å². The number of likely N-dealkylation sites (tertiary alicyclic amines) is 1. The van der Waals surface area contributed by atoms with Crippen molar-refractivity contribution in [2.45, 2.75) is 58.1 Å². The van der Waals surface area contributed by atoms with Crippen molar-refractivity contribution in [3.05, 3.63) is 73.5 Å². The van der Waals surface area contributed by atoms with Gasteiger partial charge in [0.2, 0.25) is 0 Å². The molecule has 0 N–H and O–H groups in total. The molecule has 34 heavy (non-hydrogen) atoms. The van der Waals surface area contributed by atoms with Gasteiger partial charge in [0.1, 0.15) is 11.3 Å². The van der Waals surface area contributed by atoms with Gasteiger partial charge in [-0.15, -0.1) is 0 Å². The number of piperidine rings is 1. The number of nitrogens with zero attached hydrogens (tertiary/aromatic N) is 2. The number of amides is 1. The number of hydrogen-bond donors (Lipinski definition) is 0. The average Bonchev–Trinajstić information content (AvgIpc) is 3.32. The lowest BCUT2D eigenvalue weighted by atomic mass is 9.83. The van der Waals surface area contributed by atoms with Gasteiger partial charge in [-0.2, -0.15) is 0 Å². The first-order valence-corrected chi connectivity index (χ1v) is 12.1. The minimum Gasteiger partial charge on any atom is -0.480 e. The van der Waals surface area contributed by atoms with E-state index in [2.05, 4.69) is 0 Å². The van der Waals surface area contributed by atoms with E-state index < -0.39 is 6.10 Å². The maximum Gasteiger partial charge on any atom is 0.339 e. The van der Waals surface area contributed by atoms with Gasteiger partial charge in [-0.3, -0.25) is 9.59 Å². The van der Waals surface area contributed by atoms with E-state index in [0.717, 1.165) is 53.5 Å². The van der Waals surface area contributed by atoms with Crippen LogP contribution in [0.2, 0.25) is 0 Å². The highest BCUT2D eigenvalue weighted by Gasteiger charge is 2.37. The third-order valence-electron chi connectivity index (χ3n) is 7.78. The average molecular weight is 461 g/mol. The zero-order valence-electron chi connectivity index (χ0n) is 19.5. The summed E-state index contributed by atoms with van der Waals surface area (Å²) in [4.78, 5) is 39.9. The maximum absolute atomic E-state index is 13.4. The van der Waals surface area contributed by atoms with Crippen LogP contribution in [0.25, 0.3) is 11.0 Å². The van der Waals surface area contributed by atoms with Crippen LogP contribution in [0.5, 0.6) is 5.75 Å². The second-order valence-electron chi connectivity index (χ2n) is 9.97. The standard InChI is InChI=1S/C27H28N2O5/c1-15-23(10-9-20-19-5-3-6-21(19)27(32)34-25(15)20)33-16(2)26(31)28-12-17-11-18(14-28)22-7-4-8-24(30)29(22)13-17/h4,7-10,16-18H,3,5-6,11-14H2,1-2H3/t16-,17+,18-/m0/s1. The lowest BCUT2D eigenvalue weighted by Crippen LogP contribution is -2.52. The molecule has 0 unspecified atom stereocenters. The minimum atomic E-state index is -0.672. The molecule has 1 saturated heterocycles. The van der Waals surface area contributed by atoms with E-state index in [1.54, 1.807) is 19.1 Å². The molecule has 3 aliphatic rings. The molecule has 4 heterocycles. The van der Waals surface area contributed by atoms with Crippen molar-refractivity contribution < 1.29 is 13.9 Å². The molecule has 0 saturated carbocycles. The van der Waals surface area contributed by atoms with Gasteiger partial charge >= 0.3 is 5.63 Å². The summed E-state index contributed by atoms with van der Waals surface area (Å²) in [5.41, 5.74) is 3.97. The number of aromatic nitrogens is 1. The van der Waals surface area contributed by atoms with Crippen molar-refractivity contribution in [1.82, 2.24) is 9.47 Å². The molecule has 1 fully saturated rings. The fraction of sp³-hybridized carbons (Fsp3) is 0.444. The Morgan fingerprint density at radius 1 is 1.09 bits per heavy atom. The fourth-order valence-electron chi connectivity index (χ4n) is 6.17. The van der Waals surface area contributed by atoms with Crippen LogP contribution in [0, 0.1) is 12.8 Å². The monoisotopic (exact) mass is 460 g/mol. The van der Waals surface area contributed by atoms with Gasteiger partial charge in [0.05, 0.1) is 0 Å². The Kier molecular flexibility index (Phi) is 4.90. The number of hydrogen-bond acceptors (Lipinski definition) is 5. The van der Waals surface area contributed by atoms with E-state index in [0.29, 0.717) is 31.0 Å². The van der Waals surface area contributed by atoms with Crippen LogP contribution in [0.1, 0.15) is 48.1 Å². The highest BCUT2D eigenvalue weighted by Crippen LogP contribution is 2.36. The summed E-state index contributed by atoms with van der Waals surface area (Å²) in [6, 6.07) is 9.23. The quantitative estimate of drug-likeness (QED) is 0.561. The number of benzene rings is 1. The van der Waals surface area contributed by atoms with Crippen LogP contribution < -0.4 is 15.9 Å². The van der Waals surface area contributed by atoms with Gasteiger partial charge in [0, 0.05) is 53.8 Å². The van der Waals surface area contributed by atoms with Gasteiger partial charge in [-0.05, 0) is 69.2 Å². The molecule has 7 nitrogen and oxygen atoms in total. The Bertz CT molecular complexity index is 1440. The fourth-order valence-corrected chi connectivity index (χ4v) is 6.17. The first kappa shape index (κ1) is 21.2. The van der Waals surface area contributed by atoms with Crippen LogP contribution in [-0.2, 0) is 24.2 Å². The van der Waals surface area contributed by atoms with E-state index in [1.807, 2.05) is 34.6 Å². The summed E-state index contributed by atoms with van der Waals surface area (Å²) < 4.78 is 13.7. The molecule has 0 spiro atoms. The summed E-state index contributed by atoms with van der Waals surface area (Å²) in [5.74, 6) is 0.928. The van der Waals surface area contributed by atoms with E-state index in [1.165, 1.54) is 0 Å². The normalized spacial score (nSPS) is 21.8. The Balaban J connectivity index is 1.24. The number of ether oxygens (including phenoxy) is 1. The van der Waals surface area contributed by atoms with Crippen LogP contribution in [-0.4, -0.2) is 34.6 Å². The lowest BCUT2D eigenvalue weighted by molar-refractivity contribution is -0.140. The molecule has 3 aromatic rings. The van der Waals surface area contributed by atoms with Crippen LogP contribution in [0.3, 0.4) is 0 Å². The number of pyridine rings is 1. The summed E-state index contributed by atoms with van der Waals surface area (Å²) in [6.07, 6.45) is 2.95. The molecule has 3 atom stereocenters. The molecule has 6 rings (SSSR count). The maximum atomic E-state index is 13.4. The van der Waals surface area contributed by atoms with E-state index in [9.17, 15) is 14.4 Å². The summed E-state index contributed by atoms with van der Waals surface area (Å²) in [5, 5.41) is 0.966. The molecule has 2 bridgehead atoms. The Hall–Kier alpha value is -3.35. The molecule has 1 amide bonds. The van der Waals surface area contributed by atoms with Gasteiger partial charge in [-0.25, -0.2) is 4.79 Å². The molecule has 0 radical (unpaired) electrons. The smallest absolute Gasteiger partial charge is 0.339 e. The topological polar surface area (TPSA) is 81.8 Å². The minimum absolute atomic E-state index is 0.0350. The molecular formula is C27H28N2O5. The summed E-state index contributed by atoms with van der Waals surface area (Å²) in [6.45, 7) is 5.51. The Morgan fingerprint density at radius 3 is 2.76 bits per heavy atom. The van der Waals surface area contributed by atoms with Crippen molar-refractivity contribution in [3.63, 3.8) is 0 Å². The Labute approximate surface area is 196 Å². The number of rotatable bonds is 3. The SMILES string of the molecule is Cc1c(O[C@@H](C)C(=O)N2C[C@H]3C[C@@H](C2)c2cccc(=O)n2C3)ccc2c3c(c(=O)oc12)CCC3. The predicted octanol–water partition coefficient (Wildman–Crippen LogP) is 3.17. The van der Waals surface area contributed by atoms with Crippen molar-refractivity contribution in [1.29, 1.82) is 0 Å². The van der Waals surface area contributed by atoms with E-state index in [-0.39, 0.29) is 28.9 Å². The van der Waals surface area contributed by atoms with Crippen LogP contribution in [0.15, 0.2) is 44.3 Å². The summed E-state index contributed by atoms with van der Waals surface area (Å²) in [7, 11) is 0. The number of fused-ring (bicyclic) bond motifs is 7. The molecule has 2 aliphatic heterocycles. The predicted molar refractivity (Wildman–Crippen MR) is 127 cm³/mol. The lowest BCUT2D eigenvalue weighted by Gasteiger charge is -2.43. The second-order valence-corrected chi connectivity index (χ2v) is 9.97. The first-order chi connectivity index (χ1) is 16.4. The largest absolute Gasteiger partial charge is 0.480 e. The van der Waals surface area contributed by atoms with Crippen molar-refractivity contribution in [2.75, 3.05) is 13.1 Å². The molecule has 7 heteroatoms. The number of carbonyl (C=O) groups excluding carboxylic acids is 1. The first-order valence-electron chi connectivity index (χ1n) is 12.1. The van der Waals surface area contributed by atoms with Crippen LogP contribution in [0.4, 0.5) is 0 Å². The number of carbonyl (C=O) groups is 1. The zero-order chi connectivity index (χ0) is 23.6. The molecule has 1 aliphatic carbocycles. The Morgan fingerprint density at radius 2 is 1.91 bits per heavy atom. The van der Waals surface area contributed by atoms with Crippen molar-refractivity contribution in [2.24, 2.45) is 5.92 Å². The number of aryl methyl sites for hydroxylation is 2.